The number of benzene rings is 2. The van der Waals surface area contributed by atoms with Gasteiger partial charge in [0, 0.05) is 49.2 Å². The second kappa shape index (κ2) is 10.0. The zero-order valence-electron chi connectivity index (χ0n) is 18.5. The molecular formula is C24H27N3O4S. The molecule has 0 bridgehead atoms. The maximum atomic E-state index is 12.9. The number of nitrogens with zero attached hydrogens (tertiary/aromatic N) is 3. The van der Waals surface area contributed by atoms with Crippen LogP contribution in [0, 0.1) is 0 Å². The van der Waals surface area contributed by atoms with Crippen molar-refractivity contribution in [2.45, 2.75) is 6.54 Å². The molecular weight excluding hydrogens is 426 g/mol. The van der Waals surface area contributed by atoms with Gasteiger partial charge in [-0.15, -0.1) is 11.3 Å². The summed E-state index contributed by atoms with van der Waals surface area (Å²) in [6.07, 6.45) is 0. The molecule has 2 heterocycles. The van der Waals surface area contributed by atoms with Crippen LogP contribution in [0.3, 0.4) is 0 Å². The Morgan fingerprint density at radius 3 is 2.47 bits per heavy atom. The van der Waals surface area contributed by atoms with Crippen LogP contribution in [-0.4, -0.2) is 68.2 Å². The Balaban J connectivity index is 1.34. The van der Waals surface area contributed by atoms with Gasteiger partial charge in [0.25, 0.3) is 5.91 Å². The van der Waals surface area contributed by atoms with E-state index >= 15 is 0 Å². The first-order chi connectivity index (χ1) is 15.6. The fourth-order valence-corrected chi connectivity index (χ4v) is 4.57. The van der Waals surface area contributed by atoms with Crippen molar-refractivity contribution >= 4 is 17.2 Å². The highest BCUT2D eigenvalue weighted by molar-refractivity contribution is 7.13. The summed E-state index contributed by atoms with van der Waals surface area (Å²) < 4.78 is 15.9. The standard InChI is InChI=1S/C24H27N3O4S/c1-29-20-6-4-5-17(13-20)23-25-19(16-32-23)15-26-9-11-27(12-10-26)24(28)18-7-8-21(30-2)22(14-18)31-3/h4-8,13-14,16H,9-12,15H2,1-3H3. The molecule has 0 atom stereocenters. The van der Waals surface area contributed by atoms with E-state index in [1.165, 1.54) is 0 Å². The summed E-state index contributed by atoms with van der Waals surface area (Å²) in [5.74, 6) is 2.02. The molecule has 4 rings (SSSR count). The molecule has 168 valence electrons. The molecule has 1 aliphatic heterocycles. The molecule has 32 heavy (non-hydrogen) atoms. The molecule has 0 radical (unpaired) electrons. The fourth-order valence-electron chi connectivity index (χ4n) is 3.76. The van der Waals surface area contributed by atoms with Gasteiger partial charge < -0.3 is 19.1 Å². The predicted molar refractivity (Wildman–Crippen MR) is 125 cm³/mol. The summed E-state index contributed by atoms with van der Waals surface area (Å²) in [5, 5.41) is 3.09. The van der Waals surface area contributed by atoms with Gasteiger partial charge in [-0.3, -0.25) is 9.69 Å². The van der Waals surface area contributed by atoms with Crippen LogP contribution >= 0.6 is 11.3 Å². The lowest BCUT2D eigenvalue weighted by molar-refractivity contribution is 0.0627. The van der Waals surface area contributed by atoms with Crippen LogP contribution in [0.15, 0.2) is 47.8 Å². The molecule has 7 nitrogen and oxygen atoms in total. The van der Waals surface area contributed by atoms with Crippen molar-refractivity contribution in [3.8, 4) is 27.8 Å². The first-order valence-corrected chi connectivity index (χ1v) is 11.3. The van der Waals surface area contributed by atoms with Gasteiger partial charge in [-0.1, -0.05) is 12.1 Å². The number of hydrogen-bond acceptors (Lipinski definition) is 7. The van der Waals surface area contributed by atoms with Crippen LogP contribution in [0.25, 0.3) is 10.6 Å². The minimum absolute atomic E-state index is 0.0135. The third kappa shape index (κ3) is 4.87. The van der Waals surface area contributed by atoms with Crippen LogP contribution in [0.5, 0.6) is 17.2 Å². The van der Waals surface area contributed by atoms with E-state index in [0.29, 0.717) is 30.2 Å². The number of carbonyl (C=O) groups excluding carboxylic acids is 1. The Bertz CT molecular complexity index is 1080. The second-order valence-corrected chi connectivity index (χ2v) is 8.37. The molecule has 1 aliphatic rings. The molecule has 0 unspecified atom stereocenters. The Morgan fingerprint density at radius 1 is 0.969 bits per heavy atom. The number of rotatable bonds is 7. The summed E-state index contributed by atoms with van der Waals surface area (Å²) in [6, 6.07) is 13.2. The molecule has 2 aromatic carbocycles. The average Bonchev–Trinajstić information content (AvgIpc) is 3.32. The minimum atomic E-state index is 0.0135. The van der Waals surface area contributed by atoms with Crippen molar-refractivity contribution in [1.82, 2.24) is 14.8 Å². The lowest BCUT2D eigenvalue weighted by atomic mass is 10.1. The van der Waals surface area contributed by atoms with E-state index in [4.69, 9.17) is 19.2 Å². The van der Waals surface area contributed by atoms with Crippen molar-refractivity contribution in [3.05, 3.63) is 59.1 Å². The monoisotopic (exact) mass is 453 g/mol. The predicted octanol–water partition coefficient (Wildman–Crippen LogP) is 3.79. The number of methoxy groups -OCH3 is 3. The van der Waals surface area contributed by atoms with Crippen molar-refractivity contribution < 1.29 is 19.0 Å². The van der Waals surface area contributed by atoms with E-state index in [1.54, 1.807) is 50.9 Å². The lowest BCUT2D eigenvalue weighted by Crippen LogP contribution is -2.48. The van der Waals surface area contributed by atoms with Gasteiger partial charge in [0.2, 0.25) is 0 Å². The molecule has 0 spiro atoms. The topological polar surface area (TPSA) is 64.1 Å². The Morgan fingerprint density at radius 2 is 1.75 bits per heavy atom. The third-order valence-corrected chi connectivity index (χ3v) is 6.48. The van der Waals surface area contributed by atoms with Crippen LogP contribution in [0.1, 0.15) is 16.1 Å². The van der Waals surface area contributed by atoms with Crippen LogP contribution in [0.2, 0.25) is 0 Å². The van der Waals surface area contributed by atoms with Crippen molar-refractivity contribution in [2.24, 2.45) is 0 Å². The number of aromatic nitrogens is 1. The average molecular weight is 454 g/mol. The highest BCUT2D eigenvalue weighted by Gasteiger charge is 2.23. The largest absolute Gasteiger partial charge is 0.497 e. The van der Waals surface area contributed by atoms with E-state index in [9.17, 15) is 4.79 Å². The highest BCUT2D eigenvalue weighted by atomic mass is 32.1. The molecule has 8 heteroatoms. The third-order valence-electron chi connectivity index (χ3n) is 5.54. The molecule has 1 fully saturated rings. The normalized spacial score (nSPS) is 14.3. The molecule has 0 saturated carbocycles. The lowest BCUT2D eigenvalue weighted by Gasteiger charge is -2.34. The zero-order valence-corrected chi connectivity index (χ0v) is 19.4. The van der Waals surface area contributed by atoms with E-state index < -0.39 is 0 Å². The summed E-state index contributed by atoms with van der Waals surface area (Å²) in [4.78, 5) is 22.0. The van der Waals surface area contributed by atoms with E-state index in [1.807, 2.05) is 29.2 Å². The van der Waals surface area contributed by atoms with Gasteiger partial charge in [-0.2, -0.15) is 0 Å². The maximum absolute atomic E-state index is 12.9. The van der Waals surface area contributed by atoms with E-state index in [-0.39, 0.29) is 5.91 Å². The Kier molecular flexibility index (Phi) is 6.92. The van der Waals surface area contributed by atoms with Crippen molar-refractivity contribution in [2.75, 3.05) is 47.5 Å². The van der Waals surface area contributed by atoms with Crippen LogP contribution < -0.4 is 14.2 Å². The molecule has 1 amide bonds. The van der Waals surface area contributed by atoms with Gasteiger partial charge in [-0.25, -0.2) is 4.98 Å². The van der Waals surface area contributed by atoms with Gasteiger partial charge >= 0.3 is 0 Å². The number of hydrogen-bond donors (Lipinski definition) is 0. The minimum Gasteiger partial charge on any atom is -0.497 e. The molecule has 3 aromatic rings. The highest BCUT2D eigenvalue weighted by Crippen LogP contribution is 2.29. The summed E-state index contributed by atoms with van der Waals surface area (Å²) >= 11 is 1.64. The van der Waals surface area contributed by atoms with Crippen molar-refractivity contribution in [3.63, 3.8) is 0 Å². The number of amides is 1. The van der Waals surface area contributed by atoms with Gasteiger partial charge in [0.1, 0.15) is 10.8 Å². The Labute approximate surface area is 192 Å². The number of thiazole rings is 1. The van der Waals surface area contributed by atoms with Gasteiger partial charge in [-0.05, 0) is 30.3 Å². The van der Waals surface area contributed by atoms with Gasteiger partial charge in [0.15, 0.2) is 11.5 Å². The smallest absolute Gasteiger partial charge is 0.254 e. The Hall–Kier alpha value is -3.10. The summed E-state index contributed by atoms with van der Waals surface area (Å²) in [5.41, 5.74) is 2.72. The SMILES string of the molecule is COc1cccc(-c2nc(CN3CCN(C(=O)c4ccc(OC)c(OC)c4)CC3)cs2)c1. The number of piperazine rings is 1. The molecule has 0 aliphatic carbocycles. The van der Waals surface area contributed by atoms with E-state index in [2.05, 4.69) is 10.3 Å². The molecule has 1 saturated heterocycles. The second-order valence-electron chi connectivity index (χ2n) is 7.51. The summed E-state index contributed by atoms with van der Waals surface area (Å²) in [6.45, 7) is 3.76. The number of ether oxygens (including phenoxy) is 3. The first kappa shape index (κ1) is 22.1. The maximum Gasteiger partial charge on any atom is 0.254 e. The first-order valence-electron chi connectivity index (χ1n) is 10.4. The molecule has 0 N–H and O–H groups in total. The van der Waals surface area contributed by atoms with E-state index in [0.717, 1.165) is 41.6 Å². The number of carbonyl (C=O) groups is 1. The van der Waals surface area contributed by atoms with Crippen LogP contribution in [0.4, 0.5) is 0 Å². The fraction of sp³-hybridized carbons (Fsp3) is 0.333. The van der Waals surface area contributed by atoms with Crippen molar-refractivity contribution in [1.29, 1.82) is 0 Å². The van der Waals surface area contributed by atoms with Gasteiger partial charge in [0.05, 0.1) is 27.0 Å². The molecule has 1 aromatic heterocycles. The summed E-state index contributed by atoms with van der Waals surface area (Å²) in [7, 11) is 4.82. The quantitative estimate of drug-likeness (QED) is 0.542. The van der Waals surface area contributed by atoms with Crippen LogP contribution in [-0.2, 0) is 6.54 Å². The zero-order chi connectivity index (χ0) is 22.5.